The number of hydrogen-bond acceptors (Lipinski definition) is 5. The second-order valence-electron chi connectivity index (χ2n) is 7.15. The highest BCUT2D eigenvalue weighted by atomic mass is 32.1. The van der Waals surface area contributed by atoms with Gasteiger partial charge in [0.1, 0.15) is 0 Å². The number of nitrogens with one attached hydrogen (secondary N) is 1. The van der Waals surface area contributed by atoms with Crippen LogP contribution >= 0.6 is 11.3 Å². The summed E-state index contributed by atoms with van der Waals surface area (Å²) in [5, 5.41) is 6.10. The van der Waals surface area contributed by atoms with E-state index in [1.807, 2.05) is 60.8 Å². The van der Waals surface area contributed by atoms with E-state index in [-0.39, 0.29) is 11.7 Å². The number of amides is 1. The SMILES string of the molecule is CCOc1cccc2cc(C(=O)Nc3nc(-c4ccc(-c5ccccc5)cc4)cs3)oc12. The molecule has 0 saturated heterocycles. The Kier molecular flexibility index (Phi) is 5.44. The van der Waals surface area contributed by atoms with Crippen LogP contribution in [0.3, 0.4) is 0 Å². The van der Waals surface area contributed by atoms with Crippen LogP contribution in [0.15, 0.2) is 88.7 Å². The Morgan fingerprint density at radius 1 is 0.969 bits per heavy atom. The molecule has 2 heterocycles. The molecule has 1 amide bonds. The average molecular weight is 441 g/mol. The normalized spacial score (nSPS) is 10.9. The maximum Gasteiger partial charge on any atom is 0.293 e. The smallest absolute Gasteiger partial charge is 0.293 e. The summed E-state index contributed by atoms with van der Waals surface area (Å²) in [4.78, 5) is 17.3. The zero-order chi connectivity index (χ0) is 21.9. The van der Waals surface area contributed by atoms with Gasteiger partial charge in [-0.1, -0.05) is 66.7 Å². The highest BCUT2D eigenvalue weighted by Gasteiger charge is 2.17. The molecule has 0 atom stereocenters. The molecule has 5 nitrogen and oxygen atoms in total. The summed E-state index contributed by atoms with van der Waals surface area (Å²) in [5.74, 6) is 0.500. The van der Waals surface area contributed by atoms with Gasteiger partial charge in [0.05, 0.1) is 12.3 Å². The summed E-state index contributed by atoms with van der Waals surface area (Å²) in [6.45, 7) is 2.43. The van der Waals surface area contributed by atoms with Crippen molar-refractivity contribution in [2.24, 2.45) is 0 Å². The predicted molar refractivity (Wildman–Crippen MR) is 128 cm³/mol. The fourth-order valence-electron chi connectivity index (χ4n) is 3.50. The number of furan rings is 1. The van der Waals surface area contributed by atoms with Crippen molar-refractivity contribution in [1.82, 2.24) is 4.98 Å². The summed E-state index contributed by atoms with van der Waals surface area (Å²) in [6.07, 6.45) is 0. The highest BCUT2D eigenvalue weighted by Crippen LogP contribution is 2.31. The predicted octanol–water partition coefficient (Wildman–Crippen LogP) is 6.87. The molecule has 0 saturated carbocycles. The minimum absolute atomic E-state index is 0.219. The van der Waals surface area contributed by atoms with Gasteiger partial charge in [-0.25, -0.2) is 4.98 Å². The molecular formula is C26H20N2O3S. The van der Waals surface area contributed by atoms with E-state index in [9.17, 15) is 4.79 Å². The van der Waals surface area contributed by atoms with Crippen molar-refractivity contribution in [2.45, 2.75) is 6.92 Å². The van der Waals surface area contributed by atoms with Crippen molar-refractivity contribution in [2.75, 3.05) is 11.9 Å². The lowest BCUT2D eigenvalue weighted by atomic mass is 10.0. The topological polar surface area (TPSA) is 64.4 Å². The number of anilines is 1. The van der Waals surface area contributed by atoms with Crippen molar-refractivity contribution in [3.8, 4) is 28.1 Å². The van der Waals surface area contributed by atoms with Crippen LogP contribution in [-0.4, -0.2) is 17.5 Å². The third kappa shape index (κ3) is 4.00. The third-order valence-corrected chi connectivity index (χ3v) is 5.80. The number of para-hydroxylation sites is 1. The Morgan fingerprint density at radius 3 is 2.50 bits per heavy atom. The van der Waals surface area contributed by atoms with Crippen LogP contribution in [0.4, 0.5) is 5.13 Å². The minimum Gasteiger partial charge on any atom is -0.490 e. The lowest BCUT2D eigenvalue weighted by Gasteiger charge is -2.03. The molecule has 1 N–H and O–H groups in total. The van der Waals surface area contributed by atoms with Crippen molar-refractivity contribution < 1.29 is 13.9 Å². The lowest BCUT2D eigenvalue weighted by molar-refractivity contribution is 0.0998. The molecule has 0 radical (unpaired) electrons. The summed E-state index contributed by atoms with van der Waals surface area (Å²) in [5.41, 5.74) is 4.69. The number of carbonyl (C=O) groups is 1. The van der Waals surface area contributed by atoms with Gasteiger partial charge in [0.25, 0.3) is 5.91 Å². The monoisotopic (exact) mass is 440 g/mol. The first-order chi connectivity index (χ1) is 15.7. The van der Waals surface area contributed by atoms with E-state index < -0.39 is 0 Å². The van der Waals surface area contributed by atoms with Crippen LogP contribution in [0.25, 0.3) is 33.4 Å². The summed E-state index contributed by atoms with van der Waals surface area (Å²) >= 11 is 1.38. The first-order valence-electron chi connectivity index (χ1n) is 10.3. The van der Waals surface area contributed by atoms with Gasteiger partial charge in [-0.3, -0.25) is 10.1 Å². The molecule has 0 spiro atoms. The molecule has 3 aromatic carbocycles. The van der Waals surface area contributed by atoms with Crippen molar-refractivity contribution >= 4 is 33.3 Å². The van der Waals surface area contributed by atoms with Crippen molar-refractivity contribution in [3.63, 3.8) is 0 Å². The van der Waals surface area contributed by atoms with Gasteiger partial charge in [-0.15, -0.1) is 11.3 Å². The Hall–Kier alpha value is -3.90. The van der Waals surface area contributed by atoms with E-state index in [1.54, 1.807) is 6.07 Å². The van der Waals surface area contributed by atoms with Gasteiger partial charge in [0.2, 0.25) is 0 Å². The molecule has 0 unspecified atom stereocenters. The molecule has 0 bridgehead atoms. The van der Waals surface area contributed by atoms with Gasteiger partial charge in [0, 0.05) is 16.3 Å². The molecule has 6 heteroatoms. The van der Waals surface area contributed by atoms with E-state index in [0.29, 0.717) is 23.1 Å². The second kappa shape index (κ2) is 8.69. The van der Waals surface area contributed by atoms with E-state index in [1.165, 1.54) is 16.9 Å². The number of benzene rings is 3. The molecular weight excluding hydrogens is 420 g/mol. The molecule has 5 rings (SSSR count). The number of nitrogens with zero attached hydrogens (tertiary/aromatic N) is 1. The summed E-state index contributed by atoms with van der Waals surface area (Å²) in [7, 11) is 0. The van der Waals surface area contributed by atoms with E-state index in [4.69, 9.17) is 9.15 Å². The quantitative estimate of drug-likeness (QED) is 0.313. The molecule has 0 aliphatic carbocycles. The van der Waals surface area contributed by atoms with Crippen molar-refractivity contribution in [1.29, 1.82) is 0 Å². The van der Waals surface area contributed by atoms with Crippen LogP contribution in [0.1, 0.15) is 17.5 Å². The van der Waals surface area contributed by atoms with Gasteiger partial charge in [0.15, 0.2) is 22.2 Å². The largest absolute Gasteiger partial charge is 0.490 e. The summed E-state index contributed by atoms with van der Waals surface area (Å²) < 4.78 is 11.4. The van der Waals surface area contributed by atoms with Crippen LogP contribution in [0.5, 0.6) is 5.75 Å². The number of carbonyl (C=O) groups excluding carboxylic acids is 1. The third-order valence-electron chi connectivity index (χ3n) is 5.04. The second-order valence-corrected chi connectivity index (χ2v) is 8.01. The standard InChI is InChI=1S/C26H20N2O3S/c1-2-30-22-10-6-9-20-15-23(31-24(20)22)25(29)28-26-27-21(16-32-26)19-13-11-18(12-14-19)17-7-4-3-5-8-17/h3-16H,2H2,1H3,(H,27,28,29). The van der Waals surface area contributed by atoms with E-state index in [2.05, 4.69) is 34.6 Å². The molecule has 0 aliphatic heterocycles. The zero-order valence-electron chi connectivity index (χ0n) is 17.4. The Bertz CT molecular complexity index is 1370. The Balaban J connectivity index is 1.32. The molecule has 2 aromatic heterocycles. The van der Waals surface area contributed by atoms with Crippen molar-refractivity contribution in [3.05, 3.63) is 90.0 Å². The molecule has 0 aliphatic rings. The molecule has 0 fully saturated rings. The Morgan fingerprint density at radius 2 is 1.72 bits per heavy atom. The van der Waals surface area contributed by atoms with Gasteiger partial charge in [-0.2, -0.15) is 0 Å². The zero-order valence-corrected chi connectivity index (χ0v) is 18.2. The Labute approximate surface area is 189 Å². The van der Waals surface area contributed by atoms with Gasteiger partial charge in [-0.05, 0) is 30.2 Å². The molecule has 32 heavy (non-hydrogen) atoms. The minimum atomic E-state index is -0.344. The number of thiazole rings is 1. The highest BCUT2D eigenvalue weighted by molar-refractivity contribution is 7.14. The van der Waals surface area contributed by atoms with Crippen LogP contribution in [-0.2, 0) is 0 Å². The number of hydrogen-bond donors (Lipinski definition) is 1. The average Bonchev–Trinajstić information content (AvgIpc) is 3.48. The first kappa shape index (κ1) is 20.0. The molecule has 5 aromatic rings. The number of ether oxygens (including phenoxy) is 1. The van der Waals surface area contributed by atoms with E-state index >= 15 is 0 Å². The van der Waals surface area contributed by atoms with Crippen LogP contribution in [0, 0.1) is 0 Å². The number of rotatable bonds is 6. The molecule has 158 valence electrons. The maximum absolute atomic E-state index is 12.7. The summed E-state index contributed by atoms with van der Waals surface area (Å²) in [6, 6.07) is 25.8. The van der Waals surface area contributed by atoms with Gasteiger partial charge >= 0.3 is 0 Å². The fourth-order valence-corrected chi connectivity index (χ4v) is 4.22. The fraction of sp³-hybridized carbons (Fsp3) is 0.0769. The first-order valence-corrected chi connectivity index (χ1v) is 11.2. The number of fused-ring (bicyclic) bond motifs is 1. The van der Waals surface area contributed by atoms with Gasteiger partial charge < -0.3 is 9.15 Å². The number of aromatic nitrogens is 1. The van der Waals surface area contributed by atoms with Crippen LogP contribution < -0.4 is 10.1 Å². The van der Waals surface area contributed by atoms with E-state index in [0.717, 1.165) is 22.2 Å². The maximum atomic E-state index is 12.7. The lowest BCUT2D eigenvalue weighted by Crippen LogP contribution is -2.10. The van der Waals surface area contributed by atoms with Crippen LogP contribution in [0.2, 0.25) is 0 Å².